The van der Waals surface area contributed by atoms with E-state index in [4.69, 9.17) is 16.3 Å². The first-order valence-electron chi connectivity index (χ1n) is 6.36. The van der Waals surface area contributed by atoms with Crippen LogP contribution in [0.2, 0.25) is 5.02 Å². The van der Waals surface area contributed by atoms with Crippen LogP contribution in [-0.2, 0) is 17.7 Å². The van der Waals surface area contributed by atoms with Crippen molar-refractivity contribution >= 4 is 17.6 Å². The second kappa shape index (κ2) is 5.26. The predicted octanol–water partition coefficient (Wildman–Crippen LogP) is 1.96. The molecule has 1 N–H and O–H groups in total. The van der Waals surface area contributed by atoms with Crippen molar-refractivity contribution in [1.29, 1.82) is 0 Å². The molecule has 1 aliphatic heterocycles. The lowest BCUT2D eigenvalue weighted by molar-refractivity contribution is 0.0592. The topological polar surface area (TPSA) is 56.1 Å². The van der Waals surface area contributed by atoms with E-state index in [1.54, 1.807) is 4.68 Å². The van der Waals surface area contributed by atoms with Gasteiger partial charge in [-0.3, -0.25) is 0 Å². The Labute approximate surface area is 121 Å². The third-order valence-corrected chi connectivity index (χ3v) is 3.63. The molecule has 0 bridgehead atoms. The number of nitrogens with zero attached hydrogens (tertiary/aromatic N) is 2. The van der Waals surface area contributed by atoms with E-state index in [2.05, 4.69) is 10.4 Å². The van der Waals surface area contributed by atoms with Gasteiger partial charge in [0.1, 0.15) is 0 Å². The Balaban J connectivity index is 2.13. The number of rotatable bonds is 2. The number of aromatic nitrogens is 2. The molecule has 2 heterocycles. The molecule has 6 heteroatoms. The fourth-order valence-corrected chi connectivity index (χ4v) is 2.53. The maximum absolute atomic E-state index is 11.8. The second-order valence-electron chi connectivity index (χ2n) is 4.58. The normalized spacial score (nSPS) is 13.9. The van der Waals surface area contributed by atoms with Crippen molar-refractivity contribution in [3.05, 3.63) is 46.2 Å². The van der Waals surface area contributed by atoms with Gasteiger partial charge < -0.3 is 10.1 Å². The number of esters is 1. The zero-order chi connectivity index (χ0) is 14.1. The molecule has 0 spiro atoms. The molecule has 2 aromatic rings. The van der Waals surface area contributed by atoms with Crippen molar-refractivity contribution < 1.29 is 9.53 Å². The standard InChI is InChI=1S/C14H14ClN3O2/c1-20-14(19)13-11-8-16-7-6-12(11)18(17-13)10-4-2-9(15)3-5-10/h2-5,16H,6-8H2,1H3. The van der Waals surface area contributed by atoms with Gasteiger partial charge in [-0.05, 0) is 24.3 Å². The van der Waals surface area contributed by atoms with Gasteiger partial charge in [0.2, 0.25) is 0 Å². The van der Waals surface area contributed by atoms with E-state index >= 15 is 0 Å². The van der Waals surface area contributed by atoms with Crippen molar-refractivity contribution in [2.24, 2.45) is 0 Å². The lowest BCUT2D eigenvalue weighted by atomic mass is 10.1. The summed E-state index contributed by atoms with van der Waals surface area (Å²) in [6, 6.07) is 7.39. The minimum atomic E-state index is -0.405. The maximum atomic E-state index is 11.8. The van der Waals surface area contributed by atoms with E-state index in [1.165, 1.54) is 7.11 Å². The van der Waals surface area contributed by atoms with Crippen LogP contribution in [0.4, 0.5) is 0 Å². The van der Waals surface area contributed by atoms with E-state index < -0.39 is 5.97 Å². The number of carbonyl (C=O) groups excluding carboxylic acids is 1. The number of halogens is 1. The molecule has 104 valence electrons. The summed E-state index contributed by atoms with van der Waals surface area (Å²) in [6.45, 7) is 1.50. The zero-order valence-electron chi connectivity index (χ0n) is 11.0. The first kappa shape index (κ1) is 13.1. The SMILES string of the molecule is COC(=O)c1nn(-c2ccc(Cl)cc2)c2c1CNCC2. The van der Waals surface area contributed by atoms with E-state index in [-0.39, 0.29) is 0 Å². The number of methoxy groups -OCH3 is 1. The molecule has 1 aromatic heterocycles. The van der Waals surface area contributed by atoms with Crippen molar-refractivity contribution in [1.82, 2.24) is 15.1 Å². The molecule has 20 heavy (non-hydrogen) atoms. The van der Waals surface area contributed by atoms with Gasteiger partial charge in [-0.2, -0.15) is 5.10 Å². The van der Waals surface area contributed by atoms with Gasteiger partial charge in [0.05, 0.1) is 18.5 Å². The van der Waals surface area contributed by atoms with Gasteiger partial charge in [0.15, 0.2) is 5.69 Å². The average molecular weight is 292 g/mol. The van der Waals surface area contributed by atoms with Crippen LogP contribution >= 0.6 is 11.6 Å². The Morgan fingerprint density at radius 1 is 1.40 bits per heavy atom. The molecular formula is C14H14ClN3O2. The third-order valence-electron chi connectivity index (χ3n) is 3.38. The van der Waals surface area contributed by atoms with E-state index in [0.29, 0.717) is 17.3 Å². The van der Waals surface area contributed by atoms with Gasteiger partial charge in [0, 0.05) is 30.1 Å². The number of hydrogen-bond acceptors (Lipinski definition) is 4. The smallest absolute Gasteiger partial charge is 0.358 e. The van der Waals surface area contributed by atoms with Crippen LogP contribution in [0, 0.1) is 0 Å². The average Bonchev–Trinajstić information content (AvgIpc) is 2.87. The lowest BCUT2D eigenvalue weighted by Crippen LogP contribution is -2.25. The molecule has 0 saturated heterocycles. The van der Waals surface area contributed by atoms with Crippen molar-refractivity contribution in [2.75, 3.05) is 13.7 Å². The zero-order valence-corrected chi connectivity index (χ0v) is 11.8. The van der Waals surface area contributed by atoms with Crippen molar-refractivity contribution in [2.45, 2.75) is 13.0 Å². The highest BCUT2D eigenvalue weighted by atomic mass is 35.5. The van der Waals surface area contributed by atoms with Crippen LogP contribution in [-0.4, -0.2) is 29.4 Å². The van der Waals surface area contributed by atoms with Gasteiger partial charge >= 0.3 is 5.97 Å². The van der Waals surface area contributed by atoms with Crippen LogP contribution in [0.3, 0.4) is 0 Å². The fraction of sp³-hybridized carbons (Fsp3) is 0.286. The maximum Gasteiger partial charge on any atom is 0.358 e. The molecule has 1 aromatic carbocycles. The molecule has 3 rings (SSSR count). The fourth-order valence-electron chi connectivity index (χ4n) is 2.40. The molecule has 0 atom stereocenters. The van der Waals surface area contributed by atoms with E-state index in [0.717, 1.165) is 29.9 Å². The quantitative estimate of drug-likeness (QED) is 0.860. The van der Waals surface area contributed by atoms with Gasteiger partial charge in [0.25, 0.3) is 0 Å². The number of nitrogens with one attached hydrogen (secondary N) is 1. The highest BCUT2D eigenvalue weighted by Crippen LogP contribution is 2.23. The molecular weight excluding hydrogens is 278 g/mol. The van der Waals surface area contributed by atoms with Crippen LogP contribution in [0.5, 0.6) is 0 Å². The summed E-state index contributed by atoms with van der Waals surface area (Å²) in [5.41, 5.74) is 3.23. The van der Waals surface area contributed by atoms with Gasteiger partial charge in [-0.1, -0.05) is 11.6 Å². The molecule has 0 amide bonds. The summed E-state index contributed by atoms with van der Waals surface area (Å²) < 4.78 is 6.61. The Kier molecular flexibility index (Phi) is 3.46. The number of ether oxygens (including phenoxy) is 1. The highest BCUT2D eigenvalue weighted by Gasteiger charge is 2.25. The summed E-state index contributed by atoms with van der Waals surface area (Å²) in [6.07, 6.45) is 0.821. The third kappa shape index (κ3) is 2.19. The molecule has 0 aliphatic carbocycles. The van der Waals surface area contributed by atoms with Crippen LogP contribution in [0.25, 0.3) is 5.69 Å². The van der Waals surface area contributed by atoms with E-state index in [9.17, 15) is 4.79 Å². The molecule has 0 saturated carbocycles. The summed E-state index contributed by atoms with van der Waals surface area (Å²) >= 11 is 5.91. The molecule has 1 aliphatic rings. The van der Waals surface area contributed by atoms with Gasteiger partial charge in [-0.15, -0.1) is 0 Å². The molecule has 0 radical (unpaired) electrons. The summed E-state index contributed by atoms with van der Waals surface area (Å²) in [4.78, 5) is 11.8. The number of benzene rings is 1. The van der Waals surface area contributed by atoms with Crippen LogP contribution in [0.15, 0.2) is 24.3 Å². The Bertz CT molecular complexity index is 649. The largest absolute Gasteiger partial charge is 0.464 e. The minimum absolute atomic E-state index is 0.379. The van der Waals surface area contributed by atoms with Crippen LogP contribution < -0.4 is 5.32 Å². The summed E-state index contributed by atoms with van der Waals surface area (Å²) in [7, 11) is 1.37. The highest BCUT2D eigenvalue weighted by molar-refractivity contribution is 6.30. The lowest BCUT2D eigenvalue weighted by Gasteiger charge is -2.15. The summed E-state index contributed by atoms with van der Waals surface area (Å²) in [5.74, 6) is -0.405. The number of carbonyl (C=O) groups is 1. The predicted molar refractivity (Wildman–Crippen MR) is 75.3 cm³/mol. The Hall–Kier alpha value is -1.85. The minimum Gasteiger partial charge on any atom is -0.464 e. The van der Waals surface area contributed by atoms with Crippen LogP contribution in [0.1, 0.15) is 21.7 Å². The second-order valence-corrected chi connectivity index (χ2v) is 5.02. The first-order valence-corrected chi connectivity index (χ1v) is 6.74. The Morgan fingerprint density at radius 3 is 2.85 bits per heavy atom. The number of fused-ring (bicyclic) bond motifs is 1. The van der Waals surface area contributed by atoms with E-state index in [1.807, 2.05) is 24.3 Å². The molecule has 0 fully saturated rings. The number of hydrogen-bond donors (Lipinski definition) is 1. The monoisotopic (exact) mass is 291 g/mol. The van der Waals surface area contributed by atoms with Crippen molar-refractivity contribution in [3.63, 3.8) is 0 Å². The Morgan fingerprint density at radius 2 is 2.15 bits per heavy atom. The first-order chi connectivity index (χ1) is 9.70. The molecule has 5 nitrogen and oxygen atoms in total. The molecule has 0 unspecified atom stereocenters. The van der Waals surface area contributed by atoms with Crippen molar-refractivity contribution in [3.8, 4) is 5.69 Å². The summed E-state index contributed by atoms with van der Waals surface area (Å²) in [5, 5.41) is 8.34. The van der Waals surface area contributed by atoms with Gasteiger partial charge in [-0.25, -0.2) is 9.48 Å².